The highest BCUT2D eigenvalue weighted by Gasteiger charge is 2.40. The Morgan fingerprint density at radius 3 is 2.61 bits per heavy atom. The highest BCUT2D eigenvalue weighted by Crippen LogP contribution is 2.33. The van der Waals surface area contributed by atoms with E-state index < -0.39 is 12.0 Å². The molecule has 1 aliphatic rings. The molecule has 0 bridgehead atoms. The lowest BCUT2D eigenvalue weighted by Crippen LogP contribution is -2.46. The Morgan fingerprint density at radius 1 is 1.56 bits per heavy atom. The molecular weight excluding hydrogens is 270 g/mol. The molecule has 0 spiro atoms. The molecule has 0 aromatic heterocycles. The number of hydrogen-bond acceptors (Lipinski definition) is 4. The van der Waals surface area contributed by atoms with Crippen LogP contribution in [-0.4, -0.2) is 43.9 Å². The van der Waals surface area contributed by atoms with Gasteiger partial charge < -0.3 is 14.8 Å². The molecule has 1 fully saturated rings. The van der Waals surface area contributed by atoms with Crippen molar-refractivity contribution in [2.45, 2.75) is 45.0 Å². The lowest BCUT2D eigenvalue weighted by atomic mass is 10.0. The molecule has 102 valence electrons. The zero-order valence-electron chi connectivity index (χ0n) is 10.9. The van der Waals surface area contributed by atoms with E-state index in [1.54, 1.807) is 11.8 Å². The Labute approximate surface area is 117 Å². The maximum Gasteiger partial charge on any atom is 0.327 e. The van der Waals surface area contributed by atoms with Crippen LogP contribution in [0.5, 0.6) is 0 Å². The lowest BCUT2D eigenvalue weighted by Gasteiger charge is -2.31. The van der Waals surface area contributed by atoms with E-state index in [-0.39, 0.29) is 17.1 Å². The van der Waals surface area contributed by atoms with Gasteiger partial charge in [-0.15, -0.1) is 11.8 Å². The minimum atomic E-state index is -0.837. The van der Waals surface area contributed by atoms with Crippen LogP contribution in [0.25, 0.3) is 0 Å². The molecule has 0 amide bonds. The summed E-state index contributed by atoms with van der Waals surface area (Å²) < 4.78 is 0. The van der Waals surface area contributed by atoms with Crippen LogP contribution in [0.3, 0.4) is 0 Å². The van der Waals surface area contributed by atoms with Crippen LogP contribution in [0.1, 0.15) is 33.6 Å². The molecule has 4 nitrogen and oxygen atoms in total. The zero-order valence-corrected chi connectivity index (χ0v) is 12.5. The molecule has 0 aromatic carbocycles. The van der Waals surface area contributed by atoms with Crippen LogP contribution in [0.15, 0.2) is 0 Å². The van der Waals surface area contributed by atoms with Gasteiger partial charge in [-0.2, -0.15) is 0 Å². The average molecular weight is 289 g/mol. The van der Waals surface area contributed by atoms with Crippen LogP contribution < -0.4 is 0 Å². The second kappa shape index (κ2) is 6.52. The molecule has 1 rings (SSSR count). The Hall–Kier alpha value is -0.620. The topological polar surface area (TPSA) is 57.6 Å². The van der Waals surface area contributed by atoms with Crippen LogP contribution in [0, 0.1) is 5.92 Å². The summed E-state index contributed by atoms with van der Waals surface area (Å²) in [5.74, 6) is -0.277. The number of carbonyl (C=O) groups is 2. The van der Waals surface area contributed by atoms with Crippen molar-refractivity contribution in [3.05, 3.63) is 0 Å². The van der Waals surface area contributed by atoms with Gasteiger partial charge in [0.25, 0.3) is 0 Å². The molecule has 6 heteroatoms. The third-order valence-electron chi connectivity index (χ3n) is 3.00. The number of carbonyl (C=O) groups excluding carboxylic acids is 1. The van der Waals surface area contributed by atoms with Gasteiger partial charge in [0.2, 0.25) is 0 Å². The van der Waals surface area contributed by atoms with Gasteiger partial charge in [0.15, 0.2) is 0 Å². The molecule has 1 N–H and O–H groups in total. The summed E-state index contributed by atoms with van der Waals surface area (Å²) in [6.07, 6.45) is 1.23. The number of thioether (sulfide) groups is 1. The van der Waals surface area contributed by atoms with Crippen molar-refractivity contribution in [2.24, 2.45) is 5.92 Å². The van der Waals surface area contributed by atoms with E-state index in [0.29, 0.717) is 17.2 Å². The van der Waals surface area contributed by atoms with Gasteiger partial charge in [0, 0.05) is 18.1 Å². The first-order valence-electron chi connectivity index (χ1n) is 6.04. The number of hydrogen-bond donors (Lipinski definition) is 1. The van der Waals surface area contributed by atoms with Crippen molar-refractivity contribution in [2.75, 3.05) is 5.75 Å². The quantitative estimate of drug-likeness (QED) is 0.783. The number of nitrogens with zero attached hydrogens (tertiary/aromatic N) is 1. The van der Waals surface area contributed by atoms with Gasteiger partial charge in [-0.1, -0.05) is 26.1 Å². The molecule has 3 unspecified atom stereocenters. The van der Waals surface area contributed by atoms with Gasteiger partial charge in [-0.25, -0.2) is 4.79 Å². The van der Waals surface area contributed by atoms with Crippen molar-refractivity contribution in [3.63, 3.8) is 0 Å². The summed E-state index contributed by atoms with van der Waals surface area (Å²) in [6, 6.07) is -0.554. The maximum absolute atomic E-state index is 11.2. The summed E-state index contributed by atoms with van der Waals surface area (Å²) in [5.41, 5.74) is 0. The third-order valence-corrected chi connectivity index (χ3v) is 5.06. The molecule has 3 atom stereocenters. The number of Topliss-reactive ketones (excluding diaryl/α,β-unsaturated/α-hetero) is 1. The minimum Gasteiger partial charge on any atom is -0.480 e. The van der Waals surface area contributed by atoms with Gasteiger partial charge in [-0.05, 0) is 13.3 Å². The first-order valence-corrected chi connectivity index (χ1v) is 7.50. The van der Waals surface area contributed by atoms with E-state index in [4.69, 9.17) is 12.2 Å². The second-order valence-electron chi connectivity index (χ2n) is 4.60. The van der Waals surface area contributed by atoms with Crippen molar-refractivity contribution in [3.8, 4) is 0 Å². The summed E-state index contributed by atoms with van der Waals surface area (Å²) >= 11 is 7.02. The van der Waals surface area contributed by atoms with Gasteiger partial charge in [-0.3, -0.25) is 0 Å². The molecular formula is C12H19NO3S2. The predicted molar refractivity (Wildman–Crippen MR) is 76.9 cm³/mol. The smallest absolute Gasteiger partial charge is 0.327 e. The summed E-state index contributed by atoms with van der Waals surface area (Å²) in [5, 5.41) is 9.35. The number of ketones is 1. The van der Waals surface area contributed by atoms with Crippen LogP contribution in [0.2, 0.25) is 0 Å². The summed E-state index contributed by atoms with van der Waals surface area (Å²) in [7, 11) is 0. The highest BCUT2D eigenvalue weighted by molar-refractivity contribution is 8.00. The Kier molecular flexibility index (Phi) is 5.59. The van der Waals surface area contributed by atoms with Crippen LogP contribution in [-0.2, 0) is 9.59 Å². The fourth-order valence-electron chi connectivity index (χ4n) is 2.14. The standard InChI is InChI=1S/C12H19NO3S2/c1-4-10-13(9(6-18-10)12(15)16)11(17)7(2)5-8(3)14/h7,9-10H,4-6H2,1-3H3,(H,15,16). The van der Waals surface area contributed by atoms with Gasteiger partial charge >= 0.3 is 5.97 Å². The molecule has 0 aliphatic carbocycles. The number of thiocarbonyl (C=S) groups is 1. The minimum absolute atomic E-state index is 0.0768. The summed E-state index contributed by atoms with van der Waals surface area (Å²) in [6.45, 7) is 5.44. The Balaban J connectivity index is 2.84. The van der Waals surface area contributed by atoms with E-state index in [1.165, 1.54) is 6.92 Å². The van der Waals surface area contributed by atoms with E-state index in [1.807, 2.05) is 18.7 Å². The van der Waals surface area contributed by atoms with Crippen molar-refractivity contribution in [1.29, 1.82) is 0 Å². The zero-order chi connectivity index (χ0) is 13.9. The number of aliphatic carboxylic acids is 1. The van der Waals surface area contributed by atoms with E-state index >= 15 is 0 Å². The van der Waals surface area contributed by atoms with Gasteiger partial charge in [0.05, 0.1) is 10.4 Å². The normalized spacial score (nSPS) is 24.9. The molecule has 0 saturated carbocycles. The number of carboxylic acids is 1. The molecule has 1 aliphatic heterocycles. The van der Waals surface area contributed by atoms with Crippen molar-refractivity contribution < 1.29 is 14.7 Å². The average Bonchev–Trinajstić information content (AvgIpc) is 2.70. The van der Waals surface area contributed by atoms with Crippen LogP contribution in [0.4, 0.5) is 0 Å². The lowest BCUT2D eigenvalue weighted by molar-refractivity contribution is -0.140. The van der Waals surface area contributed by atoms with Crippen molar-refractivity contribution in [1.82, 2.24) is 4.90 Å². The molecule has 0 aromatic rings. The Morgan fingerprint density at radius 2 is 2.17 bits per heavy atom. The van der Waals surface area contributed by atoms with E-state index in [0.717, 1.165) is 6.42 Å². The molecule has 0 radical (unpaired) electrons. The van der Waals surface area contributed by atoms with E-state index in [9.17, 15) is 14.7 Å². The molecule has 18 heavy (non-hydrogen) atoms. The van der Waals surface area contributed by atoms with Crippen molar-refractivity contribution >= 4 is 40.7 Å². The first-order chi connectivity index (χ1) is 8.38. The highest BCUT2D eigenvalue weighted by atomic mass is 32.2. The third kappa shape index (κ3) is 3.45. The molecule has 1 heterocycles. The predicted octanol–water partition coefficient (Wildman–Crippen LogP) is 2.17. The monoisotopic (exact) mass is 289 g/mol. The largest absolute Gasteiger partial charge is 0.480 e. The first kappa shape index (κ1) is 15.4. The van der Waals surface area contributed by atoms with E-state index in [2.05, 4.69) is 0 Å². The second-order valence-corrected chi connectivity index (χ2v) is 6.23. The summed E-state index contributed by atoms with van der Waals surface area (Å²) in [4.78, 5) is 24.8. The van der Waals surface area contributed by atoms with Crippen LogP contribution >= 0.6 is 24.0 Å². The fourth-order valence-corrected chi connectivity index (χ4v) is 3.91. The van der Waals surface area contributed by atoms with Gasteiger partial charge in [0.1, 0.15) is 11.8 Å². The fraction of sp³-hybridized carbons (Fsp3) is 0.750. The SMILES string of the molecule is CCC1SCC(C(=O)O)N1C(=S)C(C)CC(C)=O. The maximum atomic E-state index is 11.2. The molecule has 1 saturated heterocycles. The Bertz CT molecular complexity index is 359. The number of rotatable bonds is 5. The number of carboxylic acid groups (broad SMARTS) is 1.